The number of morpholine rings is 1. The summed E-state index contributed by atoms with van der Waals surface area (Å²) < 4.78 is 96.9. The second-order valence-electron chi connectivity index (χ2n) is 7.57. The van der Waals surface area contributed by atoms with Crippen molar-refractivity contribution in [3.63, 3.8) is 0 Å². The fraction of sp³-hybridized carbons (Fsp3) is 0.333. The number of rotatable bonds is 7. The maximum Gasteiger partial charge on any atom is 0.433 e. The molecule has 0 unspecified atom stereocenters. The number of alkyl halides is 3. The Morgan fingerprint density at radius 1 is 1.17 bits per heavy atom. The molecule has 190 valence electrons. The highest BCUT2D eigenvalue weighted by molar-refractivity contribution is 7.92. The number of halogens is 5. The van der Waals surface area contributed by atoms with Crippen LogP contribution < -0.4 is 14.9 Å². The van der Waals surface area contributed by atoms with Gasteiger partial charge in [0.15, 0.2) is 11.6 Å². The van der Waals surface area contributed by atoms with Crippen molar-refractivity contribution in [1.82, 2.24) is 10.3 Å². The van der Waals surface area contributed by atoms with E-state index in [1.807, 2.05) is 0 Å². The highest BCUT2D eigenvalue weighted by atomic mass is 32.2. The zero-order chi connectivity index (χ0) is 25.8. The van der Waals surface area contributed by atoms with Crippen LogP contribution in [0.3, 0.4) is 0 Å². The minimum Gasteiger partial charge on any atom is -0.378 e. The third-order valence-corrected chi connectivity index (χ3v) is 5.35. The number of pyridine rings is 1. The van der Waals surface area contributed by atoms with Crippen molar-refractivity contribution in [2.45, 2.75) is 12.7 Å². The molecular weight excluding hydrogens is 499 g/mol. The second kappa shape index (κ2) is 10.6. The summed E-state index contributed by atoms with van der Waals surface area (Å²) in [5, 5.41) is 2.39. The average molecular weight is 520 g/mol. The van der Waals surface area contributed by atoms with Crippen molar-refractivity contribution in [1.29, 1.82) is 0 Å². The van der Waals surface area contributed by atoms with Crippen molar-refractivity contribution in [2.75, 3.05) is 42.2 Å². The summed E-state index contributed by atoms with van der Waals surface area (Å²) in [6, 6.07) is 3.72. The molecule has 0 aliphatic carbocycles. The summed E-state index contributed by atoms with van der Waals surface area (Å²) in [7, 11) is -3.90. The van der Waals surface area contributed by atoms with E-state index in [4.69, 9.17) is 4.74 Å². The largest absolute Gasteiger partial charge is 0.433 e. The van der Waals surface area contributed by atoms with E-state index in [-0.39, 0.29) is 23.5 Å². The summed E-state index contributed by atoms with van der Waals surface area (Å²) >= 11 is 0. The summed E-state index contributed by atoms with van der Waals surface area (Å²) in [6.07, 6.45) is -1.56. The van der Waals surface area contributed by atoms with Crippen LogP contribution in [0.4, 0.5) is 33.5 Å². The van der Waals surface area contributed by atoms with Crippen LogP contribution in [0, 0.1) is 11.6 Å². The van der Waals surface area contributed by atoms with Gasteiger partial charge in [-0.1, -0.05) is 0 Å². The van der Waals surface area contributed by atoms with E-state index >= 15 is 0 Å². The van der Waals surface area contributed by atoms with Gasteiger partial charge in [-0.05, 0) is 35.9 Å². The van der Waals surface area contributed by atoms with Gasteiger partial charge in [0, 0.05) is 31.3 Å². The summed E-state index contributed by atoms with van der Waals surface area (Å²) in [6.45, 7) is 0.976. The SMILES string of the molecule is CS(=O)(=O)Nc1c(F)cc(CNC(=O)/C=C/c2ccc(C(F)(F)F)nc2N2CCOCC2)cc1F. The third kappa shape index (κ3) is 7.36. The number of amides is 1. The van der Waals surface area contributed by atoms with Crippen LogP contribution in [0.1, 0.15) is 16.8 Å². The molecule has 1 aromatic carbocycles. The number of anilines is 2. The Bertz CT molecular complexity index is 1210. The van der Waals surface area contributed by atoms with Gasteiger partial charge in [-0.2, -0.15) is 13.2 Å². The highest BCUT2D eigenvalue weighted by Crippen LogP contribution is 2.31. The Morgan fingerprint density at radius 3 is 2.37 bits per heavy atom. The molecular formula is C21H21F5N4O4S. The molecule has 0 spiro atoms. The number of ether oxygens (including phenoxy) is 1. The quantitative estimate of drug-likeness (QED) is 0.430. The van der Waals surface area contributed by atoms with Gasteiger partial charge >= 0.3 is 6.18 Å². The Kier molecular flexibility index (Phi) is 7.95. The Labute approximate surface area is 197 Å². The van der Waals surface area contributed by atoms with Crippen LogP contribution >= 0.6 is 0 Å². The predicted molar refractivity (Wildman–Crippen MR) is 118 cm³/mol. The molecule has 1 fully saturated rings. The van der Waals surface area contributed by atoms with Gasteiger partial charge in [0.05, 0.1) is 19.5 Å². The predicted octanol–water partition coefficient (Wildman–Crippen LogP) is 2.92. The molecule has 1 saturated heterocycles. The summed E-state index contributed by atoms with van der Waals surface area (Å²) in [4.78, 5) is 17.6. The van der Waals surface area contributed by atoms with Gasteiger partial charge in [0.25, 0.3) is 0 Å². The van der Waals surface area contributed by atoms with Gasteiger partial charge in [-0.3, -0.25) is 9.52 Å². The van der Waals surface area contributed by atoms with E-state index < -0.39 is 45.1 Å². The lowest BCUT2D eigenvalue weighted by molar-refractivity contribution is -0.141. The first-order valence-corrected chi connectivity index (χ1v) is 12.0. The number of hydrogen-bond acceptors (Lipinski definition) is 6. The maximum atomic E-state index is 14.1. The van der Waals surface area contributed by atoms with Crippen molar-refractivity contribution in [3.8, 4) is 0 Å². The number of nitrogens with zero attached hydrogens (tertiary/aromatic N) is 2. The smallest absolute Gasteiger partial charge is 0.378 e. The van der Waals surface area contributed by atoms with Gasteiger partial charge in [-0.25, -0.2) is 22.2 Å². The Morgan fingerprint density at radius 2 is 1.80 bits per heavy atom. The molecule has 0 bridgehead atoms. The molecule has 35 heavy (non-hydrogen) atoms. The highest BCUT2D eigenvalue weighted by Gasteiger charge is 2.33. The normalized spacial score (nSPS) is 14.9. The fourth-order valence-electron chi connectivity index (χ4n) is 3.20. The van der Waals surface area contributed by atoms with Crippen molar-refractivity contribution in [2.24, 2.45) is 0 Å². The zero-order valence-corrected chi connectivity index (χ0v) is 19.1. The lowest BCUT2D eigenvalue weighted by Gasteiger charge is -2.29. The lowest BCUT2D eigenvalue weighted by atomic mass is 10.1. The first-order chi connectivity index (χ1) is 16.3. The number of carbonyl (C=O) groups excluding carboxylic acids is 1. The minimum absolute atomic E-state index is 0.0194. The van der Waals surface area contributed by atoms with E-state index in [1.165, 1.54) is 12.1 Å². The first kappa shape index (κ1) is 26.3. The van der Waals surface area contributed by atoms with E-state index in [2.05, 4.69) is 10.3 Å². The molecule has 8 nitrogen and oxygen atoms in total. The van der Waals surface area contributed by atoms with Gasteiger partial charge < -0.3 is 15.0 Å². The van der Waals surface area contributed by atoms with Crippen LogP contribution in [0.5, 0.6) is 0 Å². The standard InChI is InChI=1S/C21H21F5N4O4S/c1-35(32,33)29-19-15(22)10-13(11-16(19)23)12-27-18(31)5-3-14-2-4-17(21(24,25)26)28-20(14)30-6-8-34-9-7-30/h2-5,10-11,29H,6-9,12H2,1H3,(H,27,31)/b5-3+. The van der Waals surface area contributed by atoms with Crippen molar-refractivity contribution < 1.29 is 39.9 Å². The fourth-order valence-corrected chi connectivity index (χ4v) is 3.77. The van der Waals surface area contributed by atoms with Crippen molar-refractivity contribution in [3.05, 3.63) is 58.8 Å². The van der Waals surface area contributed by atoms with E-state index in [0.29, 0.717) is 26.3 Å². The lowest BCUT2D eigenvalue weighted by Crippen LogP contribution is -2.37. The second-order valence-corrected chi connectivity index (χ2v) is 9.31. The van der Waals surface area contributed by atoms with Crippen molar-refractivity contribution >= 4 is 33.5 Å². The van der Waals surface area contributed by atoms with E-state index in [1.54, 1.807) is 9.62 Å². The average Bonchev–Trinajstić information content (AvgIpc) is 2.78. The molecule has 1 aromatic heterocycles. The van der Waals surface area contributed by atoms with Gasteiger partial charge in [0.2, 0.25) is 15.9 Å². The maximum absolute atomic E-state index is 14.1. The first-order valence-electron chi connectivity index (χ1n) is 10.2. The minimum atomic E-state index is -4.64. The number of benzene rings is 1. The van der Waals surface area contributed by atoms with Gasteiger partial charge in [-0.15, -0.1) is 0 Å². The number of carbonyl (C=O) groups is 1. The number of sulfonamides is 1. The van der Waals surface area contributed by atoms with Crippen LogP contribution in [0.2, 0.25) is 0 Å². The number of aromatic nitrogens is 1. The van der Waals surface area contributed by atoms with Crippen LogP contribution in [-0.4, -0.2) is 51.9 Å². The van der Waals surface area contributed by atoms with Crippen LogP contribution in [0.25, 0.3) is 6.08 Å². The molecule has 14 heteroatoms. The molecule has 1 amide bonds. The van der Waals surface area contributed by atoms with Crippen LogP contribution in [-0.2, 0) is 32.3 Å². The molecule has 0 saturated carbocycles. The van der Waals surface area contributed by atoms with E-state index in [0.717, 1.165) is 30.5 Å². The molecule has 2 aromatic rings. The zero-order valence-electron chi connectivity index (χ0n) is 18.3. The molecule has 2 heterocycles. The topological polar surface area (TPSA) is 101 Å². The summed E-state index contributed by atoms with van der Waals surface area (Å²) in [5.41, 5.74) is -1.62. The monoisotopic (exact) mass is 520 g/mol. The summed E-state index contributed by atoms with van der Waals surface area (Å²) in [5.74, 6) is -2.97. The number of hydrogen-bond donors (Lipinski definition) is 2. The molecule has 3 rings (SSSR count). The molecule has 1 aliphatic rings. The Balaban J connectivity index is 1.73. The molecule has 1 aliphatic heterocycles. The van der Waals surface area contributed by atoms with Gasteiger partial charge in [0.1, 0.15) is 17.2 Å². The molecule has 2 N–H and O–H groups in total. The Hall–Kier alpha value is -3.26. The number of nitrogens with one attached hydrogen (secondary N) is 2. The van der Waals surface area contributed by atoms with E-state index in [9.17, 15) is 35.2 Å². The van der Waals surface area contributed by atoms with Crippen LogP contribution in [0.15, 0.2) is 30.3 Å². The molecule has 0 atom stereocenters. The molecule has 0 radical (unpaired) electrons. The third-order valence-electron chi connectivity index (χ3n) is 4.78.